The van der Waals surface area contributed by atoms with Crippen LogP contribution in [0.2, 0.25) is 0 Å². The van der Waals surface area contributed by atoms with Gasteiger partial charge in [-0.15, -0.1) is 0 Å². The summed E-state index contributed by atoms with van der Waals surface area (Å²) in [6, 6.07) is 0.295. The van der Waals surface area contributed by atoms with E-state index in [0.717, 1.165) is 12.8 Å². The number of hydrogen-bond acceptors (Lipinski definition) is 2. The maximum absolute atomic E-state index is 6.40. The molecule has 2 fully saturated rings. The summed E-state index contributed by atoms with van der Waals surface area (Å²) in [6.45, 7) is 6.70. The molecule has 0 bridgehead atoms. The minimum atomic E-state index is 0.223. The molecule has 0 aromatic rings. The van der Waals surface area contributed by atoms with Crippen molar-refractivity contribution in [2.24, 2.45) is 11.1 Å². The maximum atomic E-state index is 6.40. The Balaban J connectivity index is 1.76. The van der Waals surface area contributed by atoms with E-state index in [1.165, 1.54) is 44.9 Å². The van der Waals surface area contributed by atoms with E-state index in [1.54, 1.807) is 0 Å². The summed E-state index contributed by atoms with van der Waals surface area (Å²) in [4.78, 5) is 0. The Bertz CT molecular complexity index is 263. The Hall–Kier alpha value is -0.0800. The highest BCUT2D eigenvalue weighted by Gasteiger charge is 2.40. The summed E-state index contributed by atoms with van der Waals surface area (Å²) >= 11 is 0. The summed E-state index contributed by atoms with van der Waals surface area (Å²) < 4.78 is 6.40. The average Bonchev–Trinajstić information content (AvgIpc) is 2.69. The summed E-state index contributed by atoms with van der Waals surface area (Å²) in [6.07, 6.45) is 12.0. The van der Waals surface area contributed by atoms with Gasteiger partial charge in [0.2, 0.25) is 0 Å². The molecule has 0 aromatic heterocycles. The van der Waals surface area contributed by atoms with E-state index < -0.39 is 0 Å². The fourth-order valence-corrected chi connectivity index (χ4v) is 3.46. The highest BCUT2D eigenvalue weighted by atomic mass is 16.5. The van der Waals surface area contributed by atoms with Crippen LogP contribution in [-0.2, 0) is 4.74 Å². The molecule has 1 aliphatic carbocycles. The second-order valence-electron chi connectivity index (χ2n) is 7.57. The molecule has 0 amide bonds. The van der Waals surface area contributed by atoms with E-state index in [-0.39, 0.29) is 11.0 Å². The maximum Gasteiger partial charge on any atom is 0.0687 e. The fourth-order valence-electron chi connectivity index (χ4n) is 3.46. The molecule has 1 aliphatic heterocycles. The molecular formula is C16H31NO. The number of nitrogens with two attached hydrogens (primary N) is 1. The second kappa shape index (κ2) is 5.50. The van der Waals surface area contributed by atoms with Crippen LogP contribution in [0.5, 0.6) is 0 Å². The molecule has 1 saturated carbocycles. The molecule has 0 radical (unpaired) electrons. The van der Waals surface area contributed by atoms with Crippen molar-refractivity contribution in [3.8, 4) is 0 Å². The van der Waals surface area contributed by atoms with Crippen molar-refractivity contribution in [1.29, 1.82) is 0 Å². The largest absolute Gasteiger partial charge is 0.372 e. The van der Waals surface area contributed by atoms with Crippen molar-refractivity contribution in [3.63, 3.8) is 0 Å². The molecule has 2 rings (SSSR count). The van der Waals surface area contributed by atoms with Crippen molar-refractivity contribution < 1.29 is 4.74 Å². The lowest BCUT2D eigenvalue weighted by Crippen LogP contribution is -2.36. The third-order valence-corrected chi connectivity index (χ3v) is 5.02. The lowest BCUT2D eigenvalue weighted by molar-refractivity contribution is -0.0669. The van der Waals surface area contributed by atoms with Gasteiger partial charge in [0.05, 0.1) is 11.7 Å². The Labute approximate surface area is 113 Å². The third-order valence-electron chi connectivity index (χ3n) is 5.02. The first-order valence-electron chi connectivity index (χ1n) is 7.85. The quantitative estimate of drug-likeness (QED) is 0.824. The third kappa shape index (κ3) is 3.48. The van der Waals surface area contributed by atoms with Crippen molar-refractivity contribution in [1.82, 2.24) is 0 Å². The molecule has 2 heteroatoms. The van der Waals surface area contributed by atoms with Gasteiger partial charge >= 0.3 is 0 Å². The minimum absolute atomic E-state index is 0.223. The normalized spacial score (nSPS) is 29.7. The zero-order chi connectivity index (χ0) is 13.2. The molecule has 18 heavy (non-hydrogen) atoms. The van der Waals surface area contributed by atoms with Crippen LogP contribution in [0.3, 0.4) is 0 Å². The highest BCUT2D eigenvalue weighted by Crippen LogP contribution is 2.43. The summed E-state index contributed by atoms with van der Waals surface area (Å²) in [5.74, 6) is 0. The molecule has 2 atom stereocenters. The lowest BCUT2D eigenvalue weighted by Gasteiger charge is -2.34. The zero-order valence-electron chi connectivity index (χ0n) is 12.5. The summed E-state index contributed by atoms with van der Waals surface area (Å²) in [5, 5.41) is 0. The minimum Gasteiger partial charge on any atom is -0.372 e. The van der Waals surface area contributed by atoms with Crippen LogP contribution in [0.25, 0.3) is 0 Å². The van der Waals surface area contributed by atoms with Gasteiger partial charge in [0, 0.05) is 6.04 Å². The SMILES string of the molecule is CC(C)(C)C(N)CCC1CCC2(CCCCC2)O1. The van der Waals surface area contributed by atoms with E-state index in [1.807, 2.05) is 0 Å². The number of hydrogen-bond donors (Lipinski definition) is 1. The first-order valence-corrected chi connectivity index (χ1v) is 7.85. The molecule has 1 spiro atoms. The van der Waals surface area contributed by atoms with E-state index in [4.69, 9.17) is 10.5 Å². The first-order chi connectivity index (χ1) is 8.41. The molecule has 2 unspecified atom stereocenters. The van der Waals surface area contributed by atoms with Crippen LogP contribution in [0.1, 0.15) is 78.6 Å². The number of ether oxygens (including phenoxy) is 1. The molecule has 2 nitrogen and oxygen atoms in total. The standard InChI is InChI=1S/C16H31NO/c1-15(2,3)14(17)8-7-13-9-12-16(18-13)10-5-4-6-11-16/h13-14H,4-12,17H2,1-3H3. The van der Waals surface area contributed by atoms with Gasteiger partial charge in [-0.3, -0.25) is 0 Å². The Morgan fingerprint density at radius 1 is 1.17 bits per heavy atom. The van der Waals surface area contributed by atoms with Gasteiger partial charge in [-0.2, -0.15) is 0 Å². The lowest BCUT2D eigenvalue weighted by atomic mass is 9.82. The van der Waals surface area contributed by atoms with Gasteiger partial charge in [0.15, 0.2) is 0 Å². The van der Waals surface area contributed by atoms with Gasteiger partial charge < -0.3 is 10.5 Å². The second-order valence-corrected chi connectivity index (χ2v) is 7.57. The smallest absolute Gasteiger partial charge is 0.0687 e. The van der Waals surface area contributed by atoms with E-state index in [0.29, 0.717) is 12.1 Å². The Kier molecular flexibility index (Phi) is 4.38. The van der Waals surface area contributed by atoms with E-state index >= 15 is 0 Å². The Morgan fingerprint density at radius 3 is 2.44 bits per heavy atom. The first kappa shape index (κ1) is 14.3. The van der Waals surface area contributed by atoms with Gasteiger partial charge in [-0.1, -0.05) is 40.0 Å². The molecule has 2 aliphatic rings. The zero-order valence-corrected chi connectivity index (χ0v) is 12.5. The van der Waals surface area contributed by atoms with E-state index in [9.17, 15) is 0 Å². The van der Waals surface area contributed by atoms with E-state index in [2.05, 4.69) is 20.8 Å². The average molecular weight is 253 g/mol. The fraction of sp³-hybridized carbons (Fsp3) is 1.00. The van der Waals surface area contributed by atoms with Crippen molar-refractivity contribution in [3.05, 3.63) is 0 Å². The van der Waals surface area contributed by atoms with Gasteiger partial charge in [-0.05, 0) is 43.9 Å². The van der Waals surface area contributed by atoms with Crippen LogP contribution >= 0.6 is 0 Å². The summed E-state index contributed by atoms with van der Waals surface area (Å²) in [7, 11) is 0. The molecule has 2 N–H and O–H groups in total. The summed E-state index contributed by atoms with van der Waals surface area (Å²) in [5.41, 5.74) is 6.74. The molecule has 106 valence electrons. The van der Waals surface area contributed by atoms with Crippen molar-refractivity contribution >= 4 is 0 Å². The molecule has 1 saturated heterocycles. The molecule has 0 aromatic carbocycles. The monoisotopic (exact) mass is 253 g/mol. The molecule has 1 heterocycles. The van der Waals surface area contributed by atoms with Crippen LogP contribution in [0.4, 0.5) is 0 Å². The highest BCUT2D eigenvalue weighted by molar-refractivity contribution is 4.91. The predicted octanol–water partition coefficient (Wildman–Crippen LogP) is 4.02. The number of rotatable bonds is 3. The molecular weight excluding hydrogens is 222 g/mol. The van der Waals surface area contributed by atoms with Crippen molar-refractivity contribution in [2.45, 2.75) is 96.3 Å². The van der Waals surface area contributed by atoms with Gasteiger partial charge in [0.25, 0.3) is 0 Å². The van der Waals surface area contributed by atoms with Crippen LogP contribution < -0.4 is 5.73 Å². The van der Waals surface area contributed by atoms with Crippen molar-refractivity contribution in [2.75, 3.05) is 0 Å². The van der Waals surface area contributed by atoms with Crippen LogP contribution in [0.15, 0.2) is 0 Å². The van der Waals surface area contributed by atoms with Gasteiger partial charge in [-0.25, -0.2) is 0 Å². The van der Waals surface area contributed by atoms with Gasteiger partial charge in [0.1, 0.15) is 0 Å². The Morgan fingerprint density at radius 2 is 1.83 bits per heavy atom. The van der Waals surface area contributed by atoms with Crippen LogP contribution in [-0.4, -0.2) is 17.7 Å². The predicted molar refractivity (Wildman–Crippen MR) is 76.6 cm³/mol. The van der Waals surface area contributed by atoms with Crippen LogP contribution in [0, 0.1) is 5.41 Å². The topological polar surface area (TPSA) is 35.2 Å².